The van der Waals surface area contributed by atoms with Crippen molar-refractivity contribution in [2.75, 3.05) is 6.61 Å². The molecule has 7 nitrogen and oxygen atoms in total. The first-order valence-electron chi connectivity index (χ1n) is 5.54. The van der Waals surface area contributed by atoms with Crippen molar-refractivity contribution in [2.24, 2.45) is 0 Å². The van der Waals surface area contributed by atoms with Gasteiger partial charge in [0.1, 0.15) is 6.61 Å². The minimum atomic E-state index is -5.50. The highest BCUT2D eigenvalue weighted by Crippen LogP contribution is 2.22. The summed E-state index contributed by atoms with van der Waals surface area (Å²) in [5.41, 5.74) is -5.74. The van der Waals surface area contributed by atoms with Gasteiger partial charge >= 0.3 is 21.5 Å². The van der Waals surface area contributed by atoms with Gasteiger partial charge < -0.3 is 9.84 Å². The normalized spacial score (nSPS) is 13.7. The SMILES string of the molecule is CC(COc1cc(C(=O)O)c(Cl)cn1)NS(=O)(=O)C(F)(F)F. The van der Waals surface area contributed by atoms with Crippen LogP contribution >= 0.6 is 11.6 Å². The van der Waals surface area contributed by atoms with E-state index >= 15 is 0 Å². The van der Waals surface area contributed by atoms with Crippen LogP contribution in [0.1, 0.15) is 17.3 Å². The summed E-state index contributed by atoms with van der Waals surface area (Å²) in [7, 11) is -5.50. The Morgan fingerprint density at radius 1 is 1.55 bits per heavy atom. The van der Waals surface area contributed by atoms with E-state index in [0.29, 0.717) is 0 Å². The van der Waals surface area contributed by atoms with E-state index in [4.69, 9.17) is 21.4 Å². The van der Waals surface area contributed by atoms with Crippen molar-refractivity contribution in [1.82, 2.24) is 9.71 Å². The lowest BCUT2D eigenvalue weighted by Crippen LogP contribution is -2.43. The van der Waals surface area contributed by atoms with Crippen molar-refractivity contribution in [1.29, 1.82) is 0 Å². The Morgan fingerprint density at radius 3 is 2.64 bits per heavy atom. The molecule has 1 rings (SSSR count). The first-order chi connectivity index (χ1) is 9.94. The van der Waals surface area contributed by atoms with Gasteiger partial charge in [0.2, 0.25) is 5.88 Å². The third kappa shape index (κ3) is 4.71. The Kier molecular flexibility index (Phi) is 5.59. The zero-order valence-corrected chi connectivity index (χ0v) is 12.5. The molecule has 0 radical (unpaired) electrons. The van der Waals surface area contributed by atoms with Crippen molar-refractivity contribution in [3.63, 3.8) is 0 Å². The second-order valence-electron chi connectivity index (χ2n) is 4.09. The molecule has 0 saturated heterocycles. The molecule has 0 aliphatic heterocycles. The van der Waals surface area contributed by atoms with E-state index in [1.165, 1.54) is 4.72 Å². The number of nitrogens with one attached hydrogen (secondary N) is 1. The molecule has 2 N–H and O–H groups in total. The minimum Gasteiger partial charge on any atom is -0.478 e. The van der Waals surface area contributed by atoms with Gasteiger partial charge in [0.25, 0.3) is 0 Å². The topological polar surface area (TPSA) is 106 Å². The number of hydrogen-bond donors (Lipinski definition) is 2. The van der Waals surface area contributed by atoms with Crippen molar-refractivity contribution in [3.8, 4) is 5.88 Å². The van der Waals surface area contributed by atoms with Gasteiger partial charge in [-0.05, 0) is 6.92 Å². The van der Waals surface area contributed by atoms with Gasteiger partial charge in [-0.3, -0.25) is 0 Å². The lowest BCUT2D eigenvalue weighted by Gasteiger charge is -2.16. The summed E-state index contributed by atoms with van der Waals surface area (Å²) in [6, 6.07) is -0.257. The minimum absolute atomic E-state index is 0.148. The van der Waals surface area contributed by atoms with Crippen LogP contribution in [0.3, 0.4) is 0 Å². The number of pyridine rings is 1. The van der Waals surface area contributed by atoms with Crippen LogP contribution in [-0.4, -0.2) is 42.6 Å². The predicted molar refractivity (Wildman–Crippen MR) is 69.3 cm³/mol. The highest BCUT2D eigenvalue weighted by molar-refractivity contribution is 7.90. The summed E-state index contributed by atoms with van der Waals surface area (Å²) in [5.74, 6) is -1.57. The second kappa shape index (κ2) is 6.67. The van der Waals surface area contributed by atoms with Crippen molar-refractivity contribution >= 4 is 27.6 Å². The van der Waals surface area contributed by atoms with Crippen molar-refractivity contribution in [2.45, 2.75) is 18.5 Å². The first kappa shape index (κ1) is 18.5. The van der Waals surface area contributed by atoms with Gasteiger partial charge in [0, 0.05) is 6.07 Å². The third-order valence-electron chi connectivity index (χ3n) is 2.20. The van der Waals surface area contributed by atoms with E-state index in [1.807, 2.05) is 0 Å². The Morgan fingerprint density at radius 2 is 2.14 bits per heavy atom. The van der Waals surface area contributed by atoms with E-state index in [1.54, 1.807) is 0 Å². The molecule has 1 unspecified atom stereocenters. The molecule has 0 amide bonds. The quantitative estimate of drug-likeness (QED) is 0.797. The number of aromatic nitrogens is 1. The number of alkyl halides is 3. The van der Waals surface area contributed by atoms with E-state index in [0.717, 1.165) is 19.2 Å². The molecule has 22 heavy (non-hydrogen) atoms. The van der Waals surface area contributed by atoms with Crippen LogP contribution in [0, 0.1) is 0 Å². The highest BCUT2D eigenvalue weighted by Gasteiger charge is 2.46. The Labute approximate surface area is 128 Å². The molecule has 1 aromatic heterocycles. The molecular formula is C10H10ClF3N2O5S. The largest absolute Gasteiger partial charge is 0.511 e. The first-order valence-corrected chi connectivity index (χ1v) is 7.40. The standard InChI is InChI=1S/C10H10ClF3N2O5S/c1-5(16-22(19,20)10(12,13)14)4-21-8-2-6(9(17)18)7(11)3-15-8/h2-3,5,16H,4H2,1H3,(H,17,18). The van der Waals surface area contributed by atoms with Crippen LogP contribution in [0.4, 0.5) is 13.2 Å². The van der Waals surface area contributed by atoms with Gasteiger partial charge in [-0.25, -0.2) is 22.9 Å². The average molecular weight is 363 g/mol. The number of sulfonamides is 1. The van der Waals surface area contributed by atoms with Crippen LogP contribution in [0.25, 0.3) is 0 Å². The fraction of sp³-hybridized carbons (Fsp3) is 0.400. The summed E-state index contributed by atoms with van der Waals surface area (Å²) in [6.45, 7) is 0.639. The molecule has 124 valence electrons. The van der Waals surface area contributed by atoms with Gasteiger partial charge in [-0.1, -0.05) is 11.6 Å². The second-order valence-corrected chi connectivity index (χ2v) is 6.20. The Hall–Kier alpha value is -1.59. The fourth-order valence-electron chi connectivity index (χ4n) is 1.24. The lowest BCUT2D eigenvalue weighted by atomic mass is 10.3. The predicted octanol–water partition coefficient (Wildman–Crippen LogP) is 1.64. The molecule has 0 saturated carbocycles. The van der Waals surface area contributed by atoms with Gasteiger partial charge in [0.05, 0.1) is 22.8 Å². The van der Waals surface area contributed by atoms with Crippen LogP contribution in [0.5, 0.6) is 5.88 Å². The third-order valence-corrected chi connectivity index (χ3v) is 3.83. The zero-order valence-electron chi connectivity index (χ0n) is 10.9. The summed E-state index contributed by atoms with van der Waals surface area (Å²) in [5, 5.41) is 8.68. The summed E-state index contributed by atoms with van der Waals surface area (Å²) < 4.78 is 64.5. The summed E-state index contributed by atoms with van der Waals surface area (Å²) in [4.78, 5) is 14.4. The maximum Gasteiger partial charge on any atom is 0.511 e. The lowest BCUT2D eigenvalue weighted by molar-refractivity contribution is -0.0451. The van der Waals surface area contributed by atoms with Gasteiger partial charge in [-0.15, -0.1) is 0 Å². The summed E-state index contributed by atoms with van der Waals surface area (Å²) in [6.07, 6.45) is 0.991. The number of aromatic carboxylic acids is 1. The highest BCUT2D eigenvalue weighted by atomic mass is 35.5. The van der Waals surface area contributed by atoms with E-state index in [9.17, 15) is 26.4 Å². The molecule has 0 aliphatic carbocycles. The number of nitrogens with zero attached hydrogens (tertiary/aromatic N) is 1. The molecule has 0 bridgehead atoms. The van der Waals surface area contributed by atoms with E-state index in [2.05, 4.69) is 4.98 Å². The van der Waals surface area contributed by atoms with Crippen LogP contribution < -0.4 is 9.46 Å². The molecule has 12 heteroatoms. The number of rotatable bonds is 6. The van der Waals surface area contributed by atoms with Crippen LogP contribution in [0.15, 0.2) is 12.3 Å². The zero-order chi connectivity index (χ0) is 17.1. The molecule has 0 aliphatic rings. The van der Waals surface area contributed by atoms with Crippen molar-refractivity contribution < 1.29 is 36.2 Å². The summed E-state index contributed by atoms with van der Waals surface area (Å²) >= 11 is 5.58. The maximum absolute atomic E-state index is 12.2. The van der Waals surface area contributed by atoms with Crippen LogP contribution in [-0.2, 0) is 10.0 Å². The fourth-order valence-corrected chi connectivity index (χ4v) is 2.15. The van der Waals surface area contributed by atoms with Crippen LogP contribution in [0.2, 0.25) is 5.02 Å². The average Bonchev–Trinajstić information content (AvgIpc) is 2.35. The molecular weight excluding hydrogens is 353 g/mol. The maximum atomic E-state index is 12.2. The smallest absolute Gasteiger partial charge is 0.478 e. The molecule has 1 heterocycles. The Balaban J connectivity index is 2.71. The number of halogens is 4. The van der Waals surface area contributed by atoms with Gasteiger partial charge in [0.15, 0.2) is 0 Å². The number of hydrogen-bond acceptors (Lipinski definition) is 5. The molecule has 1 atom stereocenters. The van der Waals surface area contributed by atoms with Crippen molar-refractivity contribution in [3.05, 3.63) is 22.8 Å². The van der Waals surface area contributed by atoms with E-state index in [-0.39, 0.29) is 16.5 Å². The molecule has 0 spiro atoms. The number of carbonyl (C=O) groups is 1. The Bertz CT molecular complexity index is 665. The molecule has 1 aromatic rings. The monoisotopic (exact) mass is 362 g/mol. The van der Waals surface area contributed by atoms with E-state index < -0.39 is 34.1 Å². The number of carboxylic acids is 1. The number of ether oxygens (including phenoxy) is 1. The van der Waals surface area contributed by atoms with Gasteiger partial charge in [-0.2, -0.15) is 13.2 Å². The molecule has 0 fully saturated rings. The molecule has 0 aromatic carbocycles. The number of carboxylic acid groups (broad SMARTS) is 1.